The van der Waals surface area contributed by atoms with Gasteiger partial charge in [0.2, 0.25) is 10.0 Å². The number of halogens is 1. The molecule has 1 aliphatic carbocycles. The largest absolute Gasteiger partial charge is 0.463 e. The Balaban J connectivity index is 1.44. The Hall–Kier alpha value is -3.40. The highest BCUT2D eigenvalue weighted by molar-refractivity contribution is 7.89. The Morgan fingerprint density at radius 3 is 2.55 bits per heavy atom. The third-order valence-corrected chi connectivity index (χ3v) is 6.86. The lowest BCUT2D eigenvalue weighted by molar-refractivity contribution is 0.102. The van der Waals surface area contributed by atoms with Gasteiger partial charge in [0.1, 0.15) is 5.69 Å². The van der Waals surface area contributed by atoms with E-state index in [9.17, 15) is 13.2 Å². The lowest BCUT2D eigenvalue weighted by Crippen LogP contribution is -2.25. The first-order valence-electron chi connectivity index (χ1n) is 10.2. The zero-order chi connectivity index (χ0) is 23.0. The first-order valence-corrected chi connectivity index (χ1v) is 12.1. The van der Waals surface area contributed by atoms with Crippen molar-refractivity contribution in [2.24, 2.45) is 0 Å². The molecule has 2 aromatic carbocycles. The normalized spacial score (nSPS) is 13.7. The molecule has 1 amide bonds. The number of amides is 1. The number of hydrogen-bond donors (Lipinski definition) is 2. The van der Waals surface area contributed by atoms with E-state index in [1.54, 1.807) is 59.3 Å². The maximum absolute atomic E-state index is 13.0. The van der Waals surface area contributed by atoms with Gasteiger partial charge in [-0.2, -0.15) is 5.10 Å². The Morgan fingerprint density at radius 2 is 1.85 bits per heavy atom. The zero-order valence-corrected chi connectivity index (χ0v) is 18.8. The Kier molecular flexibility index (Phi) is 5.53. The van der Waals surface area contributed by atoms with Gasteiger partial charge in [-0.05, 0) is 67.4 Å². The second-order valence-corrected chi connectivity index (χ2v) is 9.81. The van der Waals surface area contributed by atoms with Crippen LogP contribution in [0.3, 0.4) is 0 Å². The minimum atomic E-state index is -3.64. The summed E-state index contributed by atoms with van der Waals surface area (Å²) in [5.41, 5.74) is 1.77. The second-order valence-electron chi connectivity index (χ2n) is 7.66. The molecule has 1 fully saturated rings. The van der Waals surface area contributed by atoms with E-state index in [1.807, 2.05) is 0 Å². The molecule has 5 rings (SSSR count). The molecule has 33 heavy (non-hydrogen) atoms. The predicted octanol–water partition coefficient (Wildman–Crippen LogP) is 4.48. The summed E-state index contributed by atoms with van der Waals surface area (Å²) in [6, 6.07) is 18.3. The van der Waals surface area contributed by atoms with Gasteiger partial charge in [-0.3, -0.25) is 4.79 Å². The van der Waals surface area contributed by atoms with Crippen LogP contribution in [0.25, 0.3) is 17.1 Å². The van der Waals surface area contributed by atoms with E-state index in [-0.39, 0.29) is 16.6 Å². The van der Waals surface area contributed by atoms with E-state index in [4.69, 9.17) is 16.0 Å². The molecule has 0 aliphatic heterocycles. The number of rotatable bonds is 7. The van der Waals surface area contributed by atoms with Gasteiger partial charge in [0.25, 0.3) is 5.91 Å². The van der Waals surface area contributed by atoms with Gasteiger partial charge in [0, 0.05) is 22.8 Å². The van der Waals surface area contributed by atoms with Crippen molar-refractivity contribution in [1.82, 2.24) is 14.5 Å². The predicted molar refractivity (Wildman–Crippen MR) is 124 cm³/mol. The molecule has 2 heterocycles. The number of furan rings is 1. The molecule has 0 spiro atoms. The summed E-state index contributed by atoms with van der Waals surface area (Å²) in [4.78, 5) is 13.1. The maximum atomic E-state index is 13.0. The number of carbonyl (C=O) groups is 1. The summed E-state index contributed by atoms with van der Waals surface area (Å²) < 4.78 is 34.7. The SMILES string of the molecule is O=C(Nc1cccc(S(=O)(=O)NC2CC2)c1)c1cc(-c2ccco2)n(-c2ccc(Cl)cc2)n1. The van der Waals surface area contributed by atoms with Gasteiger partial charge in [-0.15, -0.1) is 0 Å². The first-order chi connectivity index (χ1) is 15.9. The molecule has 2 aromatic heterocycles. The van der Waals surface area contributed by atoms with Crippen molar-refractivity contribution in [3.8, 4) is 17.1 Å². The molecule has 0 unspecified atom stereocenters. The number of benzene rings is 2. The molecule has 1 saturated carbocycles. The van der Waals surface area contributed by atoms with E-state index in [1.165, 1.54) is 18.4 Å². The fraction of sp³-hybridized carbons (Fsp3) is 0.130. The molecule has 168 valence electrons. The first kappa shape index (κ1) is 21.4. The lowest BCUT2D eigenvalue weighted by atomic mass is 10.2. The highest BCUT2D eigenvalue weighted by atomic mass is 35.5. The van der Waals surface area contributed by atoms with E-state index >= 15 is 0 Å². The smallest absolute Gasteiger partial charge is 0.276 e. The van der Waals surface area contributed by atoms with Crippen molar-refractivity contribution in [2.45, 2.75) is 23.8 Å². The lowest BCUT2D eigenvalue weighted by Gasteiger charge is -2.08. The van der Waals surface area contributed by atoms with Gasteiger partial charge < -0.3 is 9.73 Å². The highest BCUT2D eigenvalue weighted by Crippen LogP contribution is 2.27. The number of sulfonamides is 1. The molecular weight excluding hydrogens is 464 g/mol. The van der Waals surface area contributed by atoms with Crippen LogP contribution in [0.4, 0.5) is 5.69 Å². The molecule has 1 aliphatic rings. The summed E-state index contributed by atoms with van der Waals surface area (Å²) in [7, 11) is -3.64. The average molecular weight is 483 g/mol. The van der Waals surface area contributed by atoms with Crippen LogP contribution in [0.5, 0.6) is 0 Å². The third-order valence-electron chi connectivity index (χ3n) is 5.09. The molecule has 8 nitrogen and oxygen atoms in total. The Bertz CT molecular complexity index is 1410. The summed E-state index contributed by atoms with van der Waals surface area (Å²) in [6.45, 7) is 0. The fourth-order valence-corrected chi connectivity index (χ4v) is 4.77. The van der Waals surface area contributed by atoms with Crippen LogP contribution in [0.15, 0.2) is 82.3 Å². The van der Waals surface area contributed by atoms with E-state index < -0.39 is 15.9 Å². The van der Waals surface area contributed by atoms with Crippen molar-refractivity contribution in [1.29, 1.82) is 0 Å². The fourth-order valence-electron chi connectivity index (χ4n) is 3.30. The monoisotopic (exact) mass is 482 g/mol. The van der Waals surface area contributed by atoms with Gasteiger partial charge in [-0.1, -0.05) is 17.7 Å². The number of hydrogen-bond acceptors (Lipinski definition) is 5. The molecule has 0 atom stereocenters. The number of anilines is 1. The maximum Gasteiger partial charge on any atom is 0.276 e. The Labute approximate surface area is 195 Å². The molecule has 0 bridgehead atoms. The van der Waals surface area contributed by atoms with Crippen molar-refractivity contribution in [3.63, 3.8) is 0 Å². The van der Waals surface area contributed by atoms with E-state index in [2.05, 4.69) is 15.1 Å². The van der Waals surface area contributed by atoms with Crippen LogP contribution in [0.1, 0.15) is 23.3 Å². The molecule has 0 saturated heterocycles. The van der Waals surface area contributed by atoms with Gasteiger partial charge in [0.05, 0.1) is 16.8 Å². The molecule has 2 N–H and O–H groups in total. The van der Waals surface area contributed by atoms with Crippen molar-refractivity contribution >= 4 is 33.2 Å². The number of nitrogens with one attached hydrogen (secondary N) is 2. The minimum absolute atomic E-state index is 0.00917. The number of aromatic nitrogens is 2. The van der Waals surface area contributed by atoms with E-state index in [0.717, 1.165) is 12.8 Å². The quantitative estimate of drug-likeness (QED) is 0.404. The Morgan fingerprint density at radius 1 is 1.06 bits per heavy atom. The van der Waals surface area contributed by atoms with Gasteiger partial charge in [0.15, 0.2) is 11.5 Å². The van der Waals surface area contributed by atoms with Crippen LogP contribution in [-0.2, 0) is 10.0 Å². The molecule has 0 radical (unpaired) electrons. The second kappa shape index (κ2) is 8.51. The molecule has 4 aromatic rings. The van der Waals surface area contributed by atoms with Crippen LogP contribution >= 0.6 is 11.6 Å². The number of nitrogens with zero attached hydrogens (tertiary/aromatic N) is 2. The van der Waals surface area contributed by atoms with Crippen molar-refractivity contribution in [3.05, 3.63) is 83.7 Å². The summed E-state index contributed by atoms with van der Waals surface area (Å²) in [5.74, 6) is 0.0518. The van der Waals surface area contributed by atoms with Crippen LogP contribution in [0.2, 0.25) is 5.02 Å². The summed E-state index contributed by atoms with van der Waals surface area (Å²) in [5, 5.41) is 7.76. The van der Waals surface area contributed by atoms with Crippen LogP contribution in [0, 0.1) is 0 Å². The topological polar surface area (TPSA) is 106 Å². The standard InChI is InChI=1S/C23H19ClN4O4S/c24-15-6-10-18(11-7-15)28-21(22-5-2-12-32-22)14-20(26-28)23(29)25-17-3-1-4-19(13-17)33(30,31)27-16-8-9-16/h1-7,10-14,16,27H,8-9H2,(H,25,29). The zero-order valence-electron chi connectivity index (χ0n) is 17.2. The average Bonchev–Trinajstić information content (AvgIpc) is 3.26. The minimum Gasteiger partial charge on any atom is -0.463 e. The van der Waals surface area contributed by atoms with E-state index in [0.29, 0.717) is 27.9 Å². The van der Waals surface area contributed by atoms with Crippen LogP contribution in [-0.4, -0.2) is 30.1 Å². The summed E-state index contributed by atoms with van der Waals surface area (Å²) >= 11 is 6.00. The third kappa shape index (κ3) is 4.70. The van der Waals surface area contributed by atoms with Gasteiger partial charge >= 0.3 is 0 Å². The molecule has 10 heteroatoms. The molecular formula is C23H19ClN4O4S. The van der Waals surface area contributed by atoms with Crippen molar-refractivity contribution in [2.75, 3.05) is 5.32 Å². The van der Waals surface area contributed by atoms with Crippen LogP contribution < -0.4 is 10.0 Å². The number of carbonyl (C=O) groups excluding carboxylic acids is 1. The highest BCUT2D eigenvalue weighted by Gasteiger charge is 2.28. The van der Waals surface area contributed by atoms with Gasteiger partial charge in [-0.25, -0.2) is 17.8 Å². The van der Waals surface area contributed by atoms with Crippen molar-refractivity contribution < 1.29 is 17.6 Å². The summed E-state index contributed by atoms with van der Waals surface area (Å²) in [6.07, 6.45) is 3.21.